The van der Waals surface area contributed by atoms with Gasteiger partial charge < -0.3 is 10.2 Å². The van der Waals surface area contributed by atoms with Crippen LogP contribution in [0.2, 0.25) is 5.02 Å². The van der Waals surface area contributed by atoms with Crippen molar-refractivity contribution in [3.63, 3.8) is 0 Å². The summed E-state index contributed by atoms with van der Waals surface area (Å²) in [6.45, 7) is 2.17. The molecule has 1 atom stereocenters. The van der Waals surface area contributed by atoms with Crippen LogP contribution in [0.3, 0.4) is 0 Å². The lowest BCUT2D eigenvalue weighted by Crippen LogP contribution is -2.23. The number of halogens is 1. The molecule has 0 aliphatic carbocycles. The van der Waals surface area contributed by atoms with Crippen molar-refractivity contribution in [2.75, 3.05) is 25.5 Å². The summed E-state index contributed by atoms with van der Waals surface area (Å²) in [5.74, 6) is 0. The molecular formula is C12H14ClN3. The lowest BCUT2D eigenvalue weighted by Gasteiger charge is -2.14. The Bertz CT molecular complexity index is 425. The Hall–Kier alpha value is -1.24. The monoisotopic (exact) mass is 235 g/mol. The van der Waals surface area contributed by atoms with Crippen LogP contribution >= 0.6 is 11.6 Å². The Labute approximate surface area is 101 Å². The zero-order valence-electron chi connectivity index (χ0n) is 9.20. The molecule has 16 heavy (non-hydrogen) atoms. The van der Waals surface area contributed by atoms with Crippen molar-refractivity contribution < 1.29 is 0 Å². The summed E-state index contributed by atoms with van der Waals surface area (Å²) in [7, 11) is 2.12. The van der Waals surface area contributed by atoms with Gasteiger partial charge in [-0.25, -0.2) is 0 Å². The van der Waals surface area contributed by atoms with E-state index in [4.69, 9.17) is 16.9 Å². The molecule has 0 aromatic heterocycles. The highest BCUT2D eigenvalue weighted by Gasteiger charge is 2.19. The number of likely N-dealkylation sites (N-methyl/N-ethyl adjacent to an activating group) is 1. The molecule has 1 aliphatic heterocycles. The Balaban J connectivity index is 2.08. The van der Waals surface area contributed by atoms with Crippen LogP contribution in [0.5, 0.6) is 0 Å². The van der Waals surface area contributed by atoms with Crippen LogP contribution in [-0.2, 0) is 0 Å². The quantitative estimate of drug-likeness (QED) is 0.855. The Morgan fingerprint density at radius 2 is 2.38 bits per heavy atom. The van der Waals surface area contributed by atoms with E-state index in [1.807, 2.05) is 6.07 Å². The van der Waals surface area contributed by atoms with Gasteiger partial charge in [0.1, 0.15) is 6.07 Å². The molecule has 0 saturated carbocycles. The summed E-state index contributed by atoms with van der Waals surface area (Å²) in [5, 5.41) is 12.8. The molecule has 1 aromatic rings. The number of benzene rings is 1. The second-order valence-corrected chi connectivity index (χ2v) is 4.61. The maximum Gasteiger partial charge on any atom is 0.101 e. The molecule has 1 saturated heterocycles. The van der Waals surface area contributed by atoms with Gasteiger partial charge in [0, 0.05) is 18.3 Å². The maximum absolute atomic E-state index is 8.88. The third-order valence-corrected chi connectivity index (χ3v) is 3.18. The molecule has 0 radical (unpaired) electrons. The largest absolute Gasteiger partial charge is 0.381 e. The Kier molecular flexibility index (Phi) is 3.33. The van der Waals surface area contributed by atoms with E-state index in [9.17, 15) is 0 Å². The van der Waals surface area contributed by atoms with Gasteiger partial charge in [-0.2, -0.15) is 5.26 Å². The zero-order valence-corrected chi connectivity index (χ0v) is 9.96. The minimum atomic E-state index is 0.470. The van der Waals surface area contributed by atoms with Crippen LogP contribution in [0.4, 0.5) is 5.69 Å². The number of hydrogen-bond acceptors (Lipinski definition) is 3. The van der Waals surface area contributed by atoms with E-state index >= 15 is 0 Å². The molecule has 0 amide bonds. The van der Waals surface area contributed by atoms with Gasteiger partial charge in [0.2, 0.25) is 0 Å². The summed E-state index contributed by atoms with van der Waals surface area (Å²) in [6.07, 6.45) is 1.14. The minimum Gasteiger partial charge on any atom is -0.381 e. The third kappa shape index (κ3) is 2.46. The van der Waals surface area contributed by atoms with E-state index in [0.29, 0.717) is 16.6 Å². The number of nitrogens with one attached hydrogen (secondary N) is 1. The molecule has 2 rings (SSSR count). The molecule has 1 aromatic carbocycles. The number of anilines is 1. The fraction of sp³-hybridized carbons (Fsp3) is 0.417. The number of likely N-dealkylation sites (tertiary alicyclic amines) is 1. The topological polar surface area (TPSA) is 39.1 Å². The van der Waals surface area contributed by atoms with Crippen molar-refractivity contribution in [1.82, 2.24) is 4.90 Å². The van der Waals surface area contributed by atoms with E-state index in [1.165, 1.54) is 0 Å². The second-order valence-electron chi connectivity index (χ2n) is 4.20. The van der Waals surface area contributed by atoms with Crippen LogP contribution in [0.25, 0.3) is 0 Å². The lowest BCUT2D eigenvalue weighted by molar-refractivity contribution is 0.414. The number of nitrogens with zero attached hydrogens (tertiary/aromatic N) is 2. The van der Waals surface area contributed by atoms with E-state index in [-0.39, 0.29) is 0 Å². The van der Waals surface area contributed by atoms with Crippen LogP contribution in [0.15, 0.2) is 18.2 Å². The van der Waals surface area contributed by atoms with Crippen molar-refractivity contribution >= 4 is 17.3 Å². The van der Waals surface area contributed by atoms with E-state index < -0.39 is 0 Å². The Morgan fingerprint density at radius 1 is 1.56 bits per heavy atom. The molecule has 1 fully saturated rings. The first-order valence-electron chi connectivity index (χ1n) is 5.34. The fourth-order valence-electron chi connectivity index (χ4n) is 1.99. The smallest absolute Gasteiger partial charge is 0.101 e. The summed E-state index contributed by atoms with van der Waals surface area (Å²) in [5.41, 5.74) is 1.50. The van der Waals surface area contributed by atoms with Crippen LogP contribution in [0.1, 0.15) is 12.0 Å². The highest BCUT2D eigenvalue weighted by Crippen LogP contribution is 2.21. The van der Waals surface area contributed by atoms with Crippen LogP contribution in [0, 0.1) is 11.3 Å². The minimum absolute atomic E-state index is 0.470. The Morgan fingerprint density at radius 3 is 3.00 bits per heavy atom. The third-order valence-electron chi connectivity index (χ3n) is 2.85. The van der Waals surface area contributed by atoms with Gasteiger partial charge in [-0.05, 0) is 38.2 Å². The van der Waals surface area contributed by atoms with E-state index in [1.54, 1.807) is 12.1 Å². The second kappa shape index (κ2) is 4.73. The molecule has 84 valence electrons. The zero-order chi connectivity index (χ0) is 11.5. The van der Waals surface area contributed by atoms with Gasteiger partial charge in [-0.15, -0.1) is 0 Å². The van der Waals surface area contributed by atoms with E-state index in [0.717, 1.165) is 25.2 Å². The summed E-state index contributed by atoms with van der Waals surface area (Å²) in [4.78, 5) is 2.29. The predicted molar refractivity (Wildman–Crippen MR) is 65.7 cm³/mol. The molecule has 1 N–H and O–H groups in total. The summed E-state index contributed by atoms with van der Waals surface area (Å²) >= 11 is 5.88. The first-order valence-corrected chi connectivity index (χ1v) is 5.71. The van der Waals surface area contributed by atoms with Crippen molar-refractivity contribution in [3.05, 3.63) is 28.8 Å². The average molecular weight is 236 g/mol. The van der Waals surface area contributed by atoms with Gasteiger partial charge in [0.05, 0.1) is 10.6 Å². The van der Waals surface area contributed by atoms with Gasteiger partial charge >= 0.3 is 0 Å². The fourth-order valence-corrected chi connectivity index (χ4v) is 2.15. The molecule has 0 spiro atoms. The normalized spacial score (nSPS) is 20.7. The van der Waals surface area contributed by atoms with Crippen molar-refractivity contribution in [2.45, 2.75) is 12.5 Å². The van der Waals surface area contributed by atoms with Gasteiger partial charge in [0.25, 0.3) is 0 Å². The summed E-state index contributed by atoms with van der Waals surface area (Å²) < 4.78 is 0. The summed E-state index contributed by atoms with van der Waals surface area (Å²) in [6, 6.07) is 8.05. The predicted octanol–water partition coefficient (Wildman–Crippen LogP) is 2.33. The number of rotatable bonds is 2. The number of nitriles is 1. The average Bonchev–Trinajstić information content (AvgIpc) is 2.67. The number of hydrogen-bond donors (Lipinski definition) is 1. The van der Waals surface area contributed by atoms with Crippen molar-refractivity contribution in [1.29, 1.82) is 5.26 Å². The molecule has 3 nitrogen and oxygen atoms in total. The maximum atomic E-state index is 8.88. The van der Waals surface area contributed by atoms with Gasteiger partial charge in [0.15, 0.2) is 0 Å². The first-order chi connectivity index (χ1) is 7.69. The standard InChI is InChI=1S/C12H14ClN3/c1-16-5-4-11(8-16)15-10-2-3-12(13)9(6-10)7-14/h2-3,6,11,15H,4-5,8H2,1H3. The highest BCUT2D eigenvalue weighted by molar-refractivity contribution is 6.31. The highest BCUT2D eigenvalue weighted by atomic mass is 35.5. The molecule has 1 unspecified atom stereocenters. The molecular weight excluding hydrogens is 222 g/mol. The molecule has 1 aliphatic rings. The van der Waals surface area contributed by atoms with Crippen LogP contribution < -0.4 is 5.32 Å². The van der Waals surface area contributed by atoms with Crippen molar-refractivity contribution in [3.8, 4) is 6.07 Å². The van der Waals surface area contributed by atoms with Gasteiger partial charge in [-0.3, -0.25) is 0 Å². The molecule has 0 bridgehead atoms. The van der Waals surface area contributed by atoms with Gasteiger partial charge in [-0.1, -0.05) is 11.6 Å². The SMILES string of the molecule is CN1CCC(Nc2ccc(Cl)c(C#N)c2)C1. The molecule has 4 heteroatoms. The van der Waals surface area contributed by atoms with Crippen LogP contribution in [-0.4, -0.2) is 31.1 Å². The van der Waals surface area contributed by atoms with E-state index in [2.05, 4.69) is 23.3 Å². The lowest BCUT2D eigenvalue weighted by atomic mass is 10.2. The first kappa shape index (κ1) is 11.3. The molecule has 1 heterocycles. The van der Waals surface area contributed by atoms with Crippen molar-refractivity contribution in [2.24, 2.45) is 0 Å².